The van der Waals surface area contributed by atoms with E-state index < -0.39 is 22.9 Å². The van der Waals surface area contributed by atoms with Crippen molar-refractivity contribution in [2.75, 3.05) is 4.90 Å². The number of aryl methyl sites for hydroxylation is 1. The number of rotatable bonds is 3. The number of hydrogen-bond acceptors (Lipinski definition) is 3. The minimum absolute atomic E-state index is 0.231. The monoisotopic (exact) mass is 476 g/mol. The van der Waals surface area contributed by atoms with E-state index in [0.717, 1.165) is 28.8 Å². The van der Waals surface area contributed by atoms with Gasteiger partial charge in [0.05, 0.1) is 16.2 Å². The highest BCUT2D eigenvalue weighted by Crippen LogP contribution is 2.37. The van der Waals surface area contributed by atoms with E-state index in [-0.39, 0.29) is 4.91 Å². The van der Waals surface area contributed by atoms with Crippen molar-refractivity contribution in [3.05, 3.63) is 87.0 Å². The first-order valence-electron chi connectivity index (χ1n) is 9.46. The maximum absolute atomic E-state index is 13.1. The van der Waals surface area contributed by atoms with E-state index in [4.69, 9.17) is 11.6 Å². The van der Waals surface area contributed by atoms with Gasteiger partial charge < -0.3 is 4.57 Å². The van der Waals surface area contributed by atoms with Gasteiger partial charge >= 0.3 is 6.18 Å². The van der Waals surface area contributed by atoms with Crippen molar-refractivity contribution in [3.63, 3.8) is 0 Å². The summed E-state index contributed by atoms with van der Waals surface area (Å²) < 4.78 is 41.1. The average Bonchev–Trinajstić information content (AvgIpc) is 3.17. The highest BCUT2D eigenvalue weighted by atomic mass is 35.5. The second kappa shape index (κ2) is 8.18. The molecule has 0 saturated carbocycles. The molecule has 1 fully saturated rings. The highest BCUT2D eigenvalue weighted by molar-refractivity contribution is 8.19. The van der Waals surface area contributed by atoms with Gasteiger partial charge in [0.2, 0.25) is 0 Å². The van der Waals surface area contributed by atoms with Crippen LogP contribution in [-0.2, 0) is 11.0 Å². The molecule has 9 heteroatoms. The van der Waals surface area contributed by atoms with E-state index in [1.54, 1.807) is 60.9 Å². The fourth-order valence-corrected chi connectivity index (χ4v) is 4.53. The number of carbonyl (C=O) groups excluding carboxylic acids is 2. The van der Waals surface area contributed by atoms with Crippen LogP contribution < -0.4 is 4.90 Å². The Labute approximate surface area is 191 Å². The normalized spacial score (nSPS) is 15.8. The third-order valence-corrected chi connectivity index (χ3v) is 6.19. The van der Waals surface area contributed by atoms with Gasteiger partial charge in [0, 0.05) is 22.1 Å². The number of carbonyl (C=O) groups is 2. The van der Waals surface area contributed by atoms with Gasteiger partial charge in [-0.1, -0.05) is 17.7 Å². The van der Waals surface area contributed by atoms with Crippen LogP contribution in [0.1, 0.15) is 22.5 Å². The molecule has 4 nitrogen and oxygen atoms in total. The standard InChI is InChI=1S/C23H16ClF3N2O2S/c1-13-10-15(14(2)28(13)19-5-3-4-16(12-19)23(25,26)27)11-20-21(30)29(22(31)32-20)18-8-6-17(24)7-9-18/h3-12H,1-2H3/b20-11+. The van der Waals surface area contributed by atoms with Gasteiger partial charge in [-0.15, -0.1) is 0 Å². The van der Waals surface area contributed by atoms with Crippen molar-refractivity contribution in [3.8, 4) is 5.69 Å². The number of thioether (sulfide) groups is 1. The van der Waals surface area contributed by atoms with Gasteiger partial charge in [-0.3, -0.25) is 9.59 Å². The lowest BCUT2D eigenvalue weighted by atomic mass is 10.2. The fraction of sp³-hybridized carbons (Fsp3) is 0.130. The van der Waals surface area contributed by atoms with Crippen LogP contribution in [0.25, 0.3) is 11.8 Å². The molecule has 4 rings (SSSR count). The lowest BCUT2D eigenvalue weighted by Gasteiger charge is -2.13. The molecule has 2 heterocycles. The smallest absolute Gasteiger partial charge is 0.318 e. The molecule has 0 aliphatic carbocycles. The summed E-state index contributed by atoms with van der Waals surface area (Å²) in [5.74, 6) is -0.466. The number of nitrogens with zero attached hydrogens (tertiary/aromatic N) is 2. The van der Waals surface area contributed by atoms with Gasteiger partial charge in [-0.2, -0.15) is 13.2 Å². The van der Waals surface area contributed by atoms with Crippen LogP contribution in [-0.4, -0.2) is 15.7 Å². The molecule has 32 heavy (non-hydrogen) atoms. The molecule has 1 aliphatic rings. The Balaban J connectivity index is 1.70. The summed E-state index contributed by atoms with van der Waals surface area (Å²) in [5.41, 5.74) is 2.03. The maximum Gasteiger partial charge on any atom is 0.416 e. The third kappa shape index (κ3) is 4.08. The minimum atomic E-state index is -4.45. The van der Waals surface area contributed by atoms with Crippen LogP contribution in [0.4, 0.5) is 23.7 Å². The molecular formula is C23H16ClF3N2O2S. The average molecular weight is 477 g/mol. The first kappa shape index (κ1) is 22.2. The third-order valence-electron chi connectivity index (χ3n) is 5.07. The van der Waals surface area contributed by atoms with E-state index in [2.05, 4.69) is 0 Å². The number of alkyl halides is 3. The van der Waals surface area contributed by atoms with Crippen LogP contribution in [0.3, 0.4) is 0 Å². The highest BCUT2D eigenvalue weighted by Gasteiger charge is 2.36. The predicted octanol–water partition coefficient (Wildman–Crippen LogP) is 7.01. The molecule has 0 atom stereocenters. The van der Waals surface area contributed by atoms with E-state index in [1.165, 1.54) is 6.07 Å². The maximum atomic E-state index is 13.1. The number of benzene rings is 2. The number of imide groups is 1. The van der Waals surface area contributed by atoms with E-state index >= 15 is 0 Å². The Kier molecular flexibility index (Phi) is 5.68. The molecule has 0 bridgehead atoms. The molecular weight excluding hydrogens is 461 g/mol. The van der Waals surface area contributed by atoms with Crippen LogP contribution in [0.15, 0.2) is 59.5 Å². The fourth-order valence-electron chi connectivity index (χ4n) is 3.57. The molecule has 2 amide bonds. The van der Waals surface area contributed by atoms with E-state index in [0.29, 0.717) is 33.3 Å². The number of anilines is 1. The molecule has 1 saturated heterocycles. The lowest BCUT2D eigenvalue weighted by molar-refractivity contribution is -0.137. The molecule has 0 spiro atoms. The summed E-state index contributed by atoms with van der Waals surface area (Å²) >= 11 is 6.69. The summed E-state index contributed by atoms with van der Waals surface area (Å²) in [7, 11) is 0. The molecule has 3 aromatic rings. The molecule has 2 aromatic carbocycles. The molecule has 0 radical (unpaired) electrons. The van der Waals surface area contributed by atoms with Crippen LogP contribution >= 0.6 is 23.4 Å². The van der Waals surface area contributed by atoms with Crippen molar-refractivity contribution in [2.45, 2.75) is 20.0 Å². The molecule has 0 unspecified atom stereocenters. The summed E-state index contributed by atoms with van der Waals surface area (Å²) in [4.78, 5) is 26.6. The van der Waals surface area contributed by atoms with Crippen molar-refractivity contribution < 1.29 is 22.8 Å². The largest absolute Gasteiger partial charge is 0.416 e. The summed E-state index contributed by atoms with van der Waals surface area (Å²) in [6.45, 7) is 3.52. The first-order chi connectivity index (χ1) is 15.1. The second-order valence-corrected chi connectivity index (χ2v) is 8.63. The van der Waals surface area contributed by atoms with Crippen LogP contribution in [0.2, 0.25) is 5.02 Å². The van der Waals surface area contributed by atoms with Gasteiger partial charge in [0.1, 0.15) is 0 Å². The summed E-state index contributed by atoms with van der Waals surface area (Å²) in [6, 6.07) is 13.2. The number of hydrogen-bond donors (Lipinski definition) is 0. The number of halogens is 4. The topological polar surface area (TPSA) is 42.3 Å². The van der Waals surface area contributed by atoms with E-state index in [1.807, 2.05) is 0 Å². The molecule has 164 valence electrons. The number of amides is 2. The molecule has 0 N–H and O–H groups in total. The summed E-state index contributed by atoms with van der Waals surface area (Å²) in [6.07, 6.45) is -2.86. The van der Waals surface area contributed by atoms with Crippen molar-refractivity contribution in [1.82, 2.24) is 4.57 Å². The predicted molar refractivity (Wildman–Crippen MR) is 120 cm³/mol. The zero-order chi connectivity index (χ0) is 23.2. The Morgan fingerprint density at radius 3 is 2.31 bits per heavy atom. The van der Waals surface area contributed by atoms with Gasteiger partial charge in [-0.05, 0) is 85.8 Å². The van der Waals surface area contributed by atoms with Crippen molar-refractivity contribution in [1.29, 1.82) is 0 Å². The zero-order valence-electron chi connectivity index (χ0n) is 16.9. The molecule has 1 aromatic heterocycles. The quantitative estimate of drug-likeness (QED) is 0.382. The van der Waals surface area contributed by atoms with Crippen molar-refractivity contribution >= 4 is 46.3 Å². The Bertz CT molecular complexity index is 1260. The first-order valence-corrected chi connectivity index (χ1v) is 10.7. The Morgan fingerprint density at radius 2 is 1.66 bits per heavy atom. The van der Waals surface area contributed by atoms with Crippen LogP contribution in [0, 0.1) is 13.8 Å². The number of aromatic nitrogens is 1. The van der Waals surface area contributed by atoms with E-state index in [9.17, 15) is 22.8 Å². The van der Waals surface area contributed by atoms with Gasteiger partial charge in [0.25, 0.3) is 11.1 Å². The van der Waals surface area contributed by atoms with Crippen molar-refractivity contribution in [2.24, 2.45) is 0 Å². The Morgan fingerprint density at radius 1 is 0.969 bits per heavy atom. The lowest BCUT2D eigenvalue weighted by Crippen LogP contribution is -2.27. The van der Waals surface area contributed by atoms with Gasteiger partial charge in [-0.25, -0.2) is 4.90 Å². The van der Waals surface area contributed by atoms with Gasteiger partial charge in [0.15, 0.2) is 0 Å². The SMILES string of the molecule is Cc1cc(/C=C2/SC(=O)N(c3ccc(Cl)cc3)C2=O)c(C)n1-c1cccc(C(F)(F)F)c1. The zero-order valence-corrected chi connectivity index (χ0v) is 18.5. The second-order valence-electron chi connectivity index (χ2n) is 7.20. The minimum Gasteiger partial charge on any atom is -0.318 e. The molecule has 1 aliphatic heterocycles. The van der Waals surface area contributed by atoms with Crippen LogP contribution in [0.5, 0.6) is 0 Å². The Hall–Kier alpha value is -2.97. The summed E-state index contributed by atoms with van der Waals surface area (Å²) in [5, 5.41) is 0.0496.